The summed E-state index contributed by atoms with van der Waals surface area (Å²) < 4.78 is 0. The van der Waals surface area contributed by atoms with E-state index in [1.54, 1.807) is 0 Å². The van der Waals surface area contributed by atoms with E-state index in [9.17, 15) is 29.4 Å². The van der Waals surface area contributed by atoms with E-state index in [4.69, 9.17) is 28.8 Å². The number of carbonyl (C=O) groups is 4. The molecule has 0 heterocycles. The molecule has 31 heavy (non-hydrogen) atoms. The topological polar surface area (TPSA) is 211 Å². The van der Waals surface area contributed by atoms with Gasteiger partial charge in [0.2, 0.25) is 23.6 Å². The Hall–Kier alpha value is -2.89. The second kappa shape index (κ2) is 11.5. The van der Waals surface area contributed by atoms with E-state index < -0.39 is 54.3 Å². The molecule has 0 fully saturated rings. The first-order chi connectivity index (χ1) is 14.3. The van der Waals surface area contributed by atoms with Crippen LogP contribution in [-0.4, -0.2) is 52.0 Å². The molecule has 172 valence electrons. The zero-order valence-corrected chi connectivity index (χ0v) is 17.9. The maximum absolute atomic E-state index is 12.8. The van der Waals surface area contributed by atoms with Crippen LogP contribution in [0.2, 0.25) is 5.02 Å². The van der Waals surface area contributed by atoms with E-state index in [-0.39, 0.29) is 22.3 Å². The number of phenolic OH excluding ortho intramolecular Hbond substituents is 1. The van der Waals surface area contributed by atoms with Gasteiger partial charge in [0.25, 0.3) is 0 Å². The average Bonchev–Trinajstić information content (AvgIpc) is 2.65. The lowest BCUT2D eigenvalue weighted by molar-refractivity contribution is -0.135. The van der Waals surface area contributed by atoms with E-state index in [2.05, 4.69) is 10.6 Å². The molecule has 0 bridgehead atoms. The SMILES string of the molecule is CC(C)C[C@H](N)C(=O)N[C@@H](C(=O)N[C@@H](CC(N)=O)C(N)=O)[C@H](O)c1ccc(O)c(Cl)c1. The van der Waals surface area contributed by atoms with Gasteiger partial charge in [-0.15, -0.1) is 0 Å². The maximum atomic E-state index is 12.8. The van der Waals surface area contributed by atoms with E-state index in [0.717, 1.165) is 0 Å². The Morgan fingerprint density at radius 1 is 1.10 bits per heavy atom. The van der Waals surface area contributed by atoms with E-state index >= 15 is 0 Å². The van der Waals surface area contributed by atoms with Crippen LogP contribution in [0.5, 0.6) is 5.75 Å². The van der Waals surface area contributed by atoms with Gasteiger partial charge in [0.05, 0.1) is 17.5 Å². The number of amides is 4. The summed E-state index contributed by atoms with van der Waals surface area (Å²) in [4.78, 5) is 48.0. The third-order valence-electron chi connectivity index (χ3n) is 4.34. The zero-order valence-electron chi connectivity index (χ0n) is 17.2. The molecule has 1 aromatic rings. The summed E-state index contributed by atoms with van der Waals surface area (Å²) in [5.74, 6) is -3.82. The number of primary amides is 2. The number of rotatable bonds is 11. The fourth-order valence-electron chi connectivity index (χ4n) is 2.75. The number of phenols is 1. The largest absolute Gasteiger partial charge is 0.506 e. The van der Waals surface area contributed by atoms with Crippen LogP contribution in [0, 0.1) is 5.92 Å². The predicted octanol–water partition coefficient (Wildman–Crippen LogP) is -1.22. The van der Waals surface area contributed by atoms with Crippen molar-refractivity contribution in [3.63, 3.8) is 0 Å². The molecule has 0 radical (unpaired) electrons. The molecule has 0 aliphatic rings. The second-order valence-electron chi connectivity index (χ2n) is 7.51. The number of nitrogens with two attached hydrogens (primary N) is 3. The lowest BCUT2D eigenvalue weighted by Gasteiger charge is -2.27. The number of nitrogens with one attached hydrogen (secondary N) is 2. The molecular formula is C19H28ClN5O6. The number of hydrogen-bond acceptors (Lipinski definition) is 7. The maximum Gasteiger partial charge on any atom is 0.246 e. The smallest absolute Gasteiger partial charge is 0.246 e. The van der Waals surface area contributed by atoms with Crippen LogP contribution < -0.4 is 27.8 Å². The van der Waals surface area contributed by atoms with Gasteiger partial charge in [-0.2, -0.15) is 0 Å². The van der Waals surface area contributed by atoms with Crippen LogP contribution in [0.1, 0.15) is 38.4 Å². The standard InChI is InChI=1S/C19H28ClN5O6/c1-8(2)5-11(21)18(30)25-15(16(28)9-3-4-13(26)10(20)6-9)19(31)24-12(17(23)29)7-14(22)27/h3-4,6,8,11-12,15-16,26,28H,5,7,21H2,1-2H3,(H2,22,27)(H2,23,29)(H,24,31)(H,25,30)/t11-,12-,15+,16+/m0/s1. The Labute approximate surface area is 184 Å². The number of hydrogen-bond donors (Lipinski definition) is 7. The molecule has 1 aromatic carbocycles. The van der Waals surface area contributed by atoms with E-state index in [0.29, 0.717) is 6.42 Å². The molecule has 0 aliphatic heterocycles. The van der Waals surface area contributed by atoms with Crippen LogP contribution in [0.25, 0.3) is 0 Å². The van der Waals surface area contributed by atoms with Crippen LogP contribution in [0.15, 0.2) is 18.2 Å². The Morgan fingerprint density at radius 2 is 1.71 bits per heavy atom. The first kappa shape index (κ1) is 26.1. The minimum Gasteiger partial charge on any atom is -0.506 e. The van der Waals surface area contributed by atoms with Gasteiger partial charge in [-0.1, -0.05) is 31.5 Å². The van der Waals surface area contributed by atoms with Crippen LogP contribution >= 0.6 is 11.6 Å². The minimum absolute atomic E-state index is 0.0867. The van der Waals surface area contributed by atoms with Crippen molar-refractivity contribution in [3.05, 3.63) is 28.8 Å². The van der Waals surface area contributed by atoms with Gasteiger partial charge in [0.15, 0.2) is 0 Å². The van der Waals surface area contributed by atoms with Crippen molar-refractivity contribution in [1.29, 1.82) is 0 Å². The zero-order chi connectivity index (χ0) is 23.9. The Kier molecular flexibility index (Phi) is 9.69. The fraction of sp³-hybridized carbons (Fsp3) is 0.474. The number of carbonyl (C=O) groups excluding carboxylic acids is 4. The van der Waals surface area contributed by atoms with Gasteiger partial charge in [-0.3, -0.25) is 19.2 Å². The number of aliphatic hydroxyl groups is 1. The Bertz CT molecular complexity index is 834. The summed E-state index contributed by atoms with van der Waals surface area (Å²) in [6.45, 7) is 3.71. The molecule has 0 spiro atoms. The van der Waals surface area contributed by atoms with Gasteiger partial charge in [0.1, 0.15) is 23.9 Å². The number of aromatic hydroxyl groups is 1. The number of halogens is 1. The van der Waals surface area contributed by atoms with Crippen molar-refractivity contribution in [2.45, 2.75) is 50.9 Å². The number of benzene rings is 1. The first-order valence-corrected chi connectivity index (χ1v) is 9.81. The van der Waals surface area contributed by atoms with E-state index in [1.807, 2.05) is 13.8 Å². The third-order valence-corrected chi connectivity index (χ3v) is 4.64. The lowest BCUT2D eigenvalue weighted by atomic mass is 9.99. The van der Waals surface area contributed by atoms with Gasteiger partial charge in [-0.05, 0) is 30.0 Å². The third kappa shape index (κ3) is 8.04. The molecule has 4 amide bonds. The first-order valence-electron chi connectivity index (χ1n) is 9.43. The van der Waals surface area contributed by atoms with Gasteiger partial charge in [-0.25, -0.2) is 0 Å². The Morgan fingerprint density at radius 3 is 2.19 bits per heavy atom. The summed E-state index contributed by atoms with van der Waals surface area (Å²) in [5, 5.41) is 24.8. The molecule has 0 saturated carbocycles. The Balaban J connectivity index is 3.20. The van der Waals surface area contributed by atoms with Crippen molar-refractivity contribution in [3.8, 4) is 5.75 Å². The van der Waals surface area contributed by atoms with Crippen molar-refractivity contribution < 1.29 is 29.4 Å². The van der Waals surface area contributed by atoms with Gasteiger partial charge < -0.3 is 38.0 Å². The monoisotopic (exact) mass is 457 g/mol. The highest BCUT2D eigenvalue weighted by atomic mass is 35.5. The highest BCUT2D eigenvalue weighted by Gasteiger charge is 2.34. The van der Waals surface area contributed by atoms with Crippen molar-refractivity contribution >= 4 is 35.2 Å². The number of aliphatic hydroxyl groups excluding tert-OH is 1. The van der Waals surface area contributed by atoms with Crippen LogP contribution in [0.3, 0.4) is 0 Å². The highest BCUT2D eigenvalue weighted by Crippen LogP contribution is 2.28. The lowest BCUT2D eigenvalue weighted by Crippen LogP contribution is -2.57. The summed E-state index contributed by atoms with van der Waals surface area (Å²) in [7, 11) is 0. The highest BCUT2D eigenvalue weighted by molar-refractivity contribution is 6.32. The molecule has 12 heteroatoms. The molecule has 0 aromatic heterocycles. The average molecular weight is 458 g/mol. The second-order valence-corrected chi connectivity index (χ2v) is 7.92. The summed E-state index contributed by atoms with van der Waals surface area (Å²) in [6, 6.07) is -0.353. The fourth-order valence-corrected chi connectivity index (χ4v) is 2.94. The summed E-state index contributed by atoms with van der Waals surface area (Å²) in [6.07, 6.45) is -1.90. The molecule has 0 saturated heterocycles. The normalized spacial score (nSPS) is 14.9. The molecule has 0 aliphatic carbocycles. The predicted molar refractivity (Wildman–Crippen MR) is 112 cm³/mol. The summed E-state index contributed by atoms with van der Waals surface area (Å²) in [5.41, 5.74) is 16.2. The van der Waals surface area contributed by atoms with Crippen molar-refractivity contribution in [1.82, 2.24) is 10.6 Å². The quantitative estimate of drug-likeness (QED) is 0.215. The van der Waals surface area contributed by atoms with Crippen molar-refractivity contribution in [2.75, 3.05) is 0 Å². The minimum atomic E-state index is -1.64. The molecule has 11 nitrogen and oxygen atoms in total. The van der Waals surface area contributed by atoms with Crippen LogP contribution in [-0.2, 0) is 19.2 Å². The van der Waals surface area contributed by atoms with Crippen molar-refractivity contribution in [2.24, 2.45) is 23.1 Å². The summed E-state index contributed by atoms with van der Waals surface area (Å²) >= 11 is 5.86. The molecule has 4 atom stereocenters. The van der Waals surface area contributed by atoms with Gasteiger partial charge in [0, 0.05) is 0 Å². The molecule has 0 unspecified atom stereocenters. The van der Waals surface area contributed by atoms with E-state index in [1.165, 1.54) is 18.2 Å². The van der Waals surface area contributed by atoms with Crippen LogP contribution in [0.4, 0.5) is 0 Å². The van der Waals surface area contributed by atoms with Gasteiger partial charge >= 0.3 is 0 Å². The molecule has 1 rings (SSSR count). The molecular weight excluding hydrogens is 430 g/mol. The molecule has 10 N–H and O–H groups in total.